The number of guanidine groups is 1. The van der Waals surface area contributed by atoms with Crippen LogP contribution in [0.15, 0.2) is 35.3 Å². The maximum absolute atomic E-state index is 11.1. The van der Waals surface area contributed by atoms with Gasteiger partial charge in [-0.3, -0.25) is 9.59 Å². The molecule has 0 unspecified atom stereocenters. The van der Waals surface area contributed by atoms with Crippen molar-refractivity contribution in [1.29, 1.82) is 0 Å². The number of nitrogens with zero attached hydrogens (tertiary/aromatic N) is 1. The molecule has 0 aliphatic carbocycles. The molecule has 0 saturated carbocycles. The molecule has 2 rings (SSSR count). The second kappa shape index (κ2) is 4.67. The number of nitrogens with two attached hydrogens (primary N) is 2. The largest absolute Gasteiger partial charge is 0.370 e. The van der Waals surface area contributed by atoms with E-state index in [1.165, 1.54) is 6.07 Å². The van der Waals surface area contributed by atoms with E-state index in [9.17, 15) is 9.59 Å². The fourth-order valence-corrected chi connectivity index (χ4v) is 1.85. The van der Waals surface area contributed by atoms with Crippen LogP contribution in [0.3, 0.4) is 0 Å². The lowest BCUT2D eigenvalue weighted by Crippen LogP contribution is -2.22. The first kappa shape index (κ1) is 11.8. The molecule has 0 bridgehead atoms. The molecular weight excluding hydrogens is 230 g/mol. The lowest BCUT2D eigenvalue weighted by Gasteiger charge is -2.07. The molecule has 0 aromatic heterocycles. The Morgan fingerprint density at radius 3 is 2.17 bits per heavy atom. The van der Waals surface area contributed by atoms with Crippen molar-refractivity contribution in [3.63, 3.8) is 0 Å². The zero-order valence-electron chi connectivity index (χ0n) is 9.46. The second-order valence-electron chi connectivity index (χ2n) is 3.72. The van der Waals surface area contributed by atoms with Crippen LogP contribution < -0.4 is 11.5 Å². The first-order chi connectivity index (χ1) is 8.67. The Balaban J connectivity index is 2.94. The average Bonchev–Trinajstić information content (AvgIpc) is 2.38. The van der Waals surface area contributed by atoms with Gasteiger partial charge in [-0.1, -0.05) is 24.3 Å². The third-order valence-electron chi connectivity index (χ3n) is 2.57. The highest BCUT2D eigenvalue weighted by Crippen LogP contribution is 2.31. The summed E-state index contributed by atoms with van der Waals surface area (Å²) in [6.07, 6.45) is 1.33. The van der Waals surface area contributed by atoms with Crippen molar-refractivity contribution in [1.82, 2.24) is 0 Å². The molecule has 0 heterocycles. The zero-order chi connectivity index (χ0) is 13.1. The second-order valence-corrected chi connectivity index (χ2v) is 3.72. The van der Waals surface area contributed by atoms with Crippen molar-refractivity contribution < 1.29 is 9.59 Å². The SMILES string of the molecule is NC(N)=Nc1c(C=O)cc(C=O)c2ccccc12. The van der Waals surface area contributed by atoms with Crippen molar-refractivity contribution in [2.24, 2.45) is 16.5 Å². The van der Waals surface area contributed by atoms with Gasteiger partial charge in [-0.15, -0.1) is 0 Å². The Morgan fingerprint density at radius 1 is 1.00 bits per heavy atom. The molecule has 2 aromatic carbocycles. The van der Waals surface area contributed by atoms with Crippen LogP contribution in [-0.4, -0.2) is 18.5 Å². The molecule has 0 atom stereocenters. The molecule has 0 radical (unpaired) electrons. The van der Waals surface area contributed by atoms with E-state index < -0.39 is 0 Å². The maximum atomic E-state index is 11.1. The van der Waals surface area contributed by atoms with E-state index in [2.05, 4.69) is 4.99 Å². The number of hydrogen-bond donors (Lipinski definition) is 2. The predicted octanol–water partition coefficient (Wildman–Crippen LogP) is 1.37. The molecule has 0 aliphatic rings. The van der Waals surface area contributed by atoms with Gasteiger partial charge in [0.15, 0.2) is 18.5 Å². The monoisotopic (exact) mass is 241 g/mol. The quantitative estimate of drug-likeness (QED) is 0.481. The summed E-state index contributed by atoms with van der Waals surface area (Å²) in [5.41, 5.74) is 11.8. The number of carbonyl (C=O) groups is 2. The molecule has 0 fully saturated rings. The van der Waals surface area contributed by atoms with E-state index >= 15 is 0 Å². The number of aliphatic imine (C=N–C) groups is 1. The van der Waals surface area contributed by atoms with Gasteiger partial charge in [0.2, 0.25) is 0 Å². The van der Waals surface area contributed by atoms with Crippen LogP contribution >= 0.6 is 0 Å². The Kier molecular flexibility index (Phi) is 3.05. The van der Waals surface area contributed by atoms with E-state index in [1.807, 2.05) is 0 Å². The fraction of sp³-hybridized carbons (Fsp3) is 0. The van der Waals surface area contributed by atoms with Crippen molar-refractivity contribution in [3.8, 4) is 0 Å². The molecule has 0 saturated heterocycles. The summed E-state index contributed by atoms with van der Waals surface area (Å²) in [7, 11) is 0. The summed E-state index contributed by atoms with van der Waals surface area (Å²) in [5, 5.41) is 1.37. The molecule has 0 aliphatic heterocycles. The lowest BCUT2D eigenvalue weighted by atomic mass is 9.99. The molecule has 2 aromatic rings. The summed E-state index contributed by atoms with van der Waals surface area (Å²) in [4.78, 5) is 26.0. The summed E-state index contributed by atoms with van der Waals surface area (Å²) in [6.45, 7) is 0. The van der Waals surface area contributed by atoms with Crippen molar-refractivity contribution in [2.75, 3.05) is 0 Å². The Labute approximate surface area is 103 Å². The summed E-state index contributed by atoms with van der Waals surface area (Å²) in [6, 6.07) is 8.60. The van der Waals surface area contributed by atoms with Gasteiger partial charge in [0.1, 0.15) is 0 Å². The zero-order valence-corrected chi connectivity index (χ0v) is 9.46. The minimum atomic E-state index is -0.137. The normalized spacial score (nSPS) is 10.0. The van der Waals surface area contributed by atoms with E-state index in [0.717, 1.165) is 0 Å². The van der Waals surface area contributed by atoms with Crippen LogP contribution in [0.2, 0.25) is 0 Å². The summed E-state index contributed by atoms with van der Waals surface area (Å²) >= 11 is 0. The Bertz CT molecular complexity index is 659. The minimum Gasteiger partial charge on any atom is -0.370 e. The molecular formula is C13H11N3O2. The van der Waals surface area contributed by atoms with Crippen LogP contribution in [0.4, 0.5) is 5.69 Å². The minimum absolute atomic E-state index is 0.137. The smallest absolute Gasteiger partial charge is 0.191 e. The first-order valence-electron chi connectivity index (χ1n) is 5.23. The molecule has 4 N–H and O–H groups in total. The topological polar surface area (TPSA) is 98.5 Å². The number of carbonyl (C=O) groups excluding carboxylic acids is 2. The molecule has 5 heteroatoms. The lowest BCUT2D eigenvalue weighted by molar-refractivity contribution is 0.112. The Morgan fingerprint density at radius 2 is 1.61 bits per heavy atom. The van der Waals surface area contributed by atoms with Gasteiger partial charge in [-0.05, 0) is 11.5 Å². The summed E-state index contributed by atoms with van der Waals surface area (Å²) < 4.78 is 0. The third-order valence-corrected chi connectivity index (χ3v) is 2.57. The molecule has 90 valence electrons. The van der Waals surface area contributed by atoms with E-state index in [-0.39, 0.29) is 11.5 Å². The highest BCUT2D eigenvalue weighted by molar-refractivity contribution is 6.09. The van der Waals surface area contributed by atoms with Crippen molar-refractivity contribution in [2.45, 2.75) is 0 Å². The third kappa shape index (κ3) is 1.93. The standard InChI is InChI=1S/C13H11N3O2/c14-13(15)16-12-9(7-18)5-8(6-17)10-3-1-2-4-11(10)12/h1-7H,(H4,14,15,16). The van der Waals surface area contributed by atoms with E-state index in [1.54, 1.807) is 24.3 Å². The van der Waals surface area contributed by atoms with Crippen molar-refractivity contribution >= 4 is 35.0 Å². The van der Waals surface area contributed by atoms with Gasteiger partial charge >= 0.3 is 0 Å². The number of aldehydes is 2. The van der Waals surface area contributed by atoms with Crippen LogP contribution in [0.1, 0.15) is 20.7 Å². The van der Waals surface area contributed by atoms with Gasteiger partial charge in [0, 0.05) is 16.5 Å². The van der Waals surface area contributed by atoms with Gasteiger partial charge in [0.25, 0.3) is 0 Å². The maximum Gasteiger partial charge on any atom is 0.191 e. The van der Waals surface area contributed by atoms with E-state index in [4.69, 9.17) is 11.5 Å². The van der Waals surface area contributed by atoms with Crippen LogP contribution in [-0.2, 0) is 0 Å². The number of benzene rings is 2. The summed E-state index contributed by atoms with van der Waals surface area (Å²) in [5.74, 6) is -0.137. The fourth-order valence-electron chi connectivity index (χ4n) is 1.85. The predicted molar refractivity (Wildman–Crippen MR) is 70.2 cm³/mol. The molecule has 18 heavy (non-hydrogen) atoms. The van der Waals surface area contributed by atoms with Crippen LogP contribution in [0, 0.1) is 0 Å². The number of fused-ring (bicyclic) bond motifs is 1. The average molecular weight is 241 g/mol. The van der Waals surface area contributed by atoms with Crippen LogP contribution in [0.5, 0.6) is 0 Å². The Hall–Kier alpha value is -2.69. The number of rotatable bonds is 3. The molecule has 0 amide bonds. The number of hydrogen-bond acceptors (Lipinski definition) is 3. The highest BCUT2D eigenvalue weighted by atomic mass is 16.1. The first-order valence-corrected chi connectivity index (χ1v) is 5.23. The highest BCUT2D eigenvalue weighted by Gasteiger charge is 2.10. The van der Waals surface area contributed by atoms with Gasteiger partial charge in [-0.2, -0.15) is 0 Å². The van der Waals surface area contributed by atoms with Crippen molar-refractivity contribution in [3.05, 3.63) is 41.5 Å². The van der Waals surface area contributed by atoms with Gasteiger partial charge in [-0.25, -0.2) is 4.99 Å². The van der Waals surface area contributed by atoms with Gasteiger partial charge in [0.05, 0.1) is 5.69 Å². The van der Waals surface area contributed by atoms with E-state index in [0.29, 0.717) is 34.6 Å². The molecule has 0 spiro atoms. The molecule has 5 nitrogen and oxygen atoms in total. The van der Waals surface area contributed by atoms with Gasteiger partial charge < -0.3 is 11.5 Å². The van der Waals surface area contributed by atoms with Crippen LogP contribution in [0.25, 0.3) is 10.8 Å².